The molecule has 0 atom stereocenters. The van der Waals surface area contributed by atoms with Crippen LogP contribution in [0.15, 0.2) is 18.5 Å². The van der Waals surface area contributed by atoms with E-state index < -0.39 is 0 Å². The third-order valence-corrected chi connectivity index (χ3v) is 3.35. The first kappa shape index (κ1) is 15.2. The second kappa shape index (κ2) is 8.29. The molecule has 0 fully saturated rings. The van der Waals surface area contributed by atoms with E-state index in [2.05, 4.69) is 38.7 Å². The summed E-state index contributed by atoms with van der Waals surface area (Å²) in [5.74, 6) is 1.62. The quantitative estimate of drug-likeness (QED) is 0.627. The molecule has 0 aromatic carbocycles. The molecule has 1 nitrogen and oxygen atoms in total. The van der Waals surface area contributed by atoms with Crippen LogP contribution in [-0.4, -0.2) is 4.98 Å². The zero-order valence-electron chi connectivity index (χ0n) is 12.6. The lowest BCUT2D eigenvalue weighted by Gasteiger charge is -2.07. The van der Waals surface area contributed by atoms with E-state index in [4.69, 9.17) is 0 Å². The monoisotopic (exact) mass is 247 g/mol. The van der Waals surface area contributed by atoms with E-state index in [0.29, 0.717) is 0 Å². The molecule has 0 radical (unpaired) electrons. The maximum atomic E-state index is 4.38. The average Bonchev–Trinajstić information content (AvgIpc) is 2.28. The maximum Gasteiger partial charge on any atom is 0.0300 e. The lowest BCUT2D eigenvalue weighted by molar-refractivity contribution is 0.552. The van der Waals surface area contributed by atoms with E-state index in [1.54, 1.807) is 0 Å². The highest BCUT2D eigenvalue weighted by Gasteiger charge is 2.00. The number of hydrogen-bond donors (Lipinski definition) is 0. The van der Waals surface area contributed by atoms with E-state index in [9.17, 15) is 0 Å². The van der Waals surface area contributed by atoms with E-state index in [0.717, 1.165) is 11.8 Å². The molecule has 0 saturated carbocycles. The number of aromatic nitrogens is 1. The Bertz CT molecular complexity index is 299. The van der Waals surface area contributed by atoms with Gasteiger partial charge in [0.05, 0.1) is 0 Å². The van der Waals surface area contributed by atoms with Crippen LogP contribution in [0.4, 0.5) is 0 Å². The van der Waals surface area contributed by atoms with Crippen molar-refractivity contribution in [3.05, 3.63) is 29.6 Å². The lowest BCUT2D eigenvalue weighted by atomic mass is 10.0. The summed E-state index contributed by atoms with van der Waals surface area (Å²) < 4.78 is 0. The van der Waals surface area contributed by atoms with Crippen molar-refractivity contribution in [3.63, 3.8) is 0 Å². The molecular formula is C17H29N. The van der Waals surface area contributed by atoms with Gasteiger partial charge in [0.15, 0.2) is 0 Å². The zero-order valence-corrected chi connectivity index (χ0v) is 12.6. The summed E-state index contributed by atoms with van der Waals surface area (Å²) in [4.78, 5) is 4.38. The number of nitrogens with zero attached hydrogens (tertiary/aromatic N) is 1. The number of aryl methyl sites for hydroxylation is 2. The van der Waals surface area contributed by atoms with Crippen molar-refractivity contribution in [1.29, 1.82) is 0 Å². The average molecular weight is 247 g/mol. The second-order valence-corrected chi connectivity index (χ2v) is 6.27. The molecule has 102 valence electrons. The molecule has 18 heavy (non-hydrogen) atoms. The van der Waals surface area contributed by atoms with Crippen LogP contribution in [0.1, 0.15) is 64.5 Å². The third kappa shape index (κ3) is 6.78. The standard InChI is InChI=1S/C17H29N/c1-14(2)7-5-9-16-11-17(13-18-12-16)10-6-8-15(3)4/h11-15H,5-10H2,1-4H3. The first-order valence-corrected chi connectivity index (χ1v) is 7.50. The molecule has 1 aromatic heterocycles. The molecular weight excluding hydrogens is 218 g/mol. The Morgan fingerprint density at radius 2 is 1.28 bits per heavy atom. The topological polar surface area (TPSA) is 12.9 Å². The van der Waals surface area contributed by atoms with Crippen molar-refractivity contribution >= 4 is 0 Å². The minimum absolute atomic E-state index is 0.812. The Kier molecular flexibility index (Phi) is 7.00. The molecule has 1 heteroatoms. The summed E-state index contributed by atoms with van der Waals surface area (Å²) in [6.45, 7) is 9.17. The lowest BCUT2D eigenvalue weighted by Crippen LogP contribution is -1.95. The first-order valence-electron chi connectivity index (χ1n) is 7.50. The normalized spacial score (nSPS) is 11.4. The van der Waals surface area contributed by atoms with Gasteiger partial charge in [-0.3, -0.25) is 4.98 Å². The van der Waals surface area contributed by atoms with Crippen LogP contribution >= 0.6 is 0 Å². The molecule has 0 unspecified atom stereocenters. The van der Waals surface area contributed by atoms with Gasteiger partial charge in [0, 0.05) is 12.4 Å². The van der Waals surface area contributed by atoms with E-state index in [1.807, 2.05) is 12.4 Å². The third-order valence-electron chi connectivity index (χ3n) is 3.35. The molecule has 0 spiro atoms. The van der Waals surface area contributed by atoms with Gasteiger partial charge in [-0.15, -0.1) is 0 Å². The van der Waals surface area contributed by atoms with Gasteiger partial charge in [0.1, 0.15) is 0 Å². The Morgan fingerprint density at radius 3 is 1.67 bits per heavy atom. The SMILES string of the molecule is CC(C)CCCc1cncc(CCCC(C)C)c1. The van der Waals surface area contributed by atoms with Crippen LogP contribution < -0.4 is 0 Å². The summed E-state index contributed by atoms with van der Waals surface area (Å²) in [5, 5.41) is 0. The van der Waals surface area contributed by atoms with Gasteiger partial charge in [-0.1, -0.05) is 46.6 Å². The van der Waals surface area contributed by atoms with E-state index in [1.165, 1.54) is 49.7 Å². The first-order chi connectivity index (χ1) is 8.58. The Balaban J connectivity index is 2.36. The van der Waals surface area contributed by atoms with Crippen molar-refractivity contribution in [2.75, 3.05) is 0 Å². The number of rotatable bonds is 8. The minimum atomic E-state index is 0.812. The fourth-order valence-corrected chi connectivity index (χ4v) is 2.24. The molecule has 1 rings (SSSR count). The van der Waals surface area contributed by atoms with Gasteiger partial charge in [0.25, 0.3) is 0 Å². The summed E-state index contributed by atoms with van der Waals surface area (Å²) in [6.07, 6.45) is 11.6. The van der Waals surface area contributed by atoms with Gasteiger partial charge in [-0.2, -0.15) is 0 Å². The zero-order chi connectivity index (χ0) is 13.4. The van der Waals surface area contributed by atoms with Crippen LogP contribution in [0, 0.1) is 11.8 Å². The van der Waals surface area contributed by atoms with E-state index >= 15 is 0 Å². The number of hydrogen-bond acceptors (Lipinski definition) is 1. The van der Waals surface area contributed by atoms with Crippen LogP contribution in [0.3, 0.4) is 0 Å². The minimum Gasteiger partial charge on any atom is -0.264 e. The van der Waals surface area contributed by atoms with Gasteiger partial charge in [-0.25, -0.2) is 0 Å². The van der Waals surface area contributed by atoms with E-state index in [-0.39, 0.29) is 0 Å². The molecule has 0 bridgehead atoms. The van der Waals surface area contributed by atoms with Crippen LogP contribution in [0.5, 0.6) is 0 Å². The molecule has 1 heterocycles. The predicted molar refractivity (Wildman–Crippen MR) is 79.8 cm³/mol. The smallest absolute Gasteiger partial charge is 0.0300 e. The summed E-state index contributed by atoms with van der Waals surface area (Å²) >= 11 is 0. The maximum absolute atomic E-state index is 4.38. The molecule has 0 aliphatic heterocycles. The predicted octanol–water partition coefficient (Wildman–Crippen LogP) is 5.04. The van der Waals surface area contributed by atoms with Crippen molar-refractivity contribution in [3.8, 4) is 0 Å². The van der Waals surface area contributed by atoms with Crippen molar-refractivity contribution < 1.29 is 0 Å². The highest BCUT2D eigenvalue weighted by atomic mass is 14.6. The second-order valence-electron chi connectivity index (χ2n) is 6.27. The number of pyridine rings is 1. The molecule has 0 aliphatic carbocycles. The van der Waals surface area contributed by atoms with Crippen molar-refractivity contribution in [2.24, 2.45) is 11.8 Å². The van der Waals surface area contributed by atoms with Crippen molar-refractivity contribution in [2.45, 2.75) is 66.2 Å². The molecule has 0 amide bonds. The van der Waals surface area contributed by atoms with Crippen molar-refractivity contribution in [1.82, 2.24) is 4.98 Å². The van der Waals surface area contributed by atoms with Crippen LogP contribution in [-0.2, 0) is 12.8 Å². The molecule has 0 aliphatic rings. The van der Waals surface area contributed by atoms with Gasteiger partial charge >= 0.3 is 0 Å². The van der Waals surface area contributed by atoms with Gasteiger partial charge in [-0.05, 0) is 48.6 Å². The summed E-state index contributed by atoms with van der Waals surface area (Å²) in [6, 6.07) is 2.35. The van der Waals surface area contributed by atoms with Crippen LogP contribution in [0.25, 0.3) is 0 Å². The van der Waals surface area contributed by atoms with Gasteiger partial charge in [0.2, 0.25) is 0 Å². The molecule has 0 N–H and O–H groups in total. The fourth-order valence-electron chi connectivity index (χ4n) is 2.24. The van der Waals surface area contributed by atoms with Gasteiger partial charge < -0.3 is 0 Å². The molecule has 0 saturated heterocycles. The largest absolute Gasteiger partial charge is 0.264 e. The fraction of sp³-hybridized carbons (Fsp3) is 0.706. The highest BCUT2D eigenvalue weighted by molar-refractivity contribution is 5.18. The molecule has 1 aromatic rings. The Hall–Kier alpha value is -0.850. The van der Waals surface area contributed by atoms with Crippen LogP contribution in [0.2, 0.25) is 0 Å². The summed E-state index contributed by atoms with van der Waals surface area (Å²) in [5.41, 5.74) is 2.83. The Morgan fingerprint density at radius 1 is 0.833 bits per heavy atom. The Labute approximate surface area is 113 Å². The highest BCUT2D eigenvalue weighted by Crippen LogP contribution is 2.13. The summed E-state index contributed by atoms with van der Waals surface area (Å²) in [7, 11) is 0.